The van der Waals surface area contributed by atoms with Crippen molar-refractivity contribution in [3.63, 3.8) is 0 Å². The van der Waals surface area contributed by atoms with Crippen molar-refractivity contribution in [3.8, 4) is 5.75 Å². The molecule has 7 nitrogen and oxygen atoms in total. The van der Waals surface area contributed by atoms with Crippen LogP contribution in [0.3, 0.4) is 0 Å². The molecule has 0 bridgehead atoms. The van der Waals surface area contributed by atoms with Gasteiger partial charge >= 0.3 is 6.03 Å². The monoisotopic (exact) mass is 368 g/mol. The zero-order valence-corrected chi connectivity index (χ0v) is 15.1. The van der Waals surface area contributed by atoms with Gasteiger partial charge in [-0.15, -0.1) is 12.4 Å². The molecule has 3 N–H and O–H groups in total. The second kappa shape index (κ2) is 9.03. The van der Waals surface area contributed by atoms with E-state index in [0.717, 1.165) is 43.8 Å². The lowest BCUT2D eigenvalue weighted by atomic mass is 10.0. The number of halogens is 1. The summed E-state index contributed by atoms with van der Waals surface area (Å²) >= 11 is 0. The zero-order valence-electron chi connectivity index (χ0n) is 14.3. The normalized spacial score (nSPS) is 20.3. The summed E-state index contributed by atoms with van der Waals surface area (Å²) in [4.78, 5) is 26.0. The second-order valence-electron chi connectivity index (χ2n) is 6.23. The highest BCUT2D eigenvalue weighted by Gasteiger charge is 2.29. The minimum Gasteiger partial charge on any atom is -0.496 e. The average molecular weight is 369 g/mol. The van der Waals surface area contributed by atoms with Crippen LogP contribution < -0.4 is 20.7 Å². The molecule has 1 saturated carbocycles. The average Bonchev–Trinajstić information content (AvgIpc) is 3.39. The molecule has 1 aliphatic heterocycles. The van der Waals surface area contributed by atoms with E-state index in [0.29, 0.717) is 0 Å². The molecular formula is C17H25ClN4O3. The summed E-state index contributed by atoms with van der Waals surface area (Å²) in [5.74, 6) is 0.526. The highest BCUT2D eigenvalue weighted by molar-refractivity contribution is 5.95. The van der Waals surface area contributed by atoms with E-state index in [1.807, 2.05) is 24.3 Å². The molecule has 2 aliphatic rings. The summed E-state index contributed by atoms with van der Waals surface area (Å²) in [6.07, 6.45) is 1.99. The van der Waals surface area contributed by atoms with Gasteiger partial charge in [0, 0.05) is 31.2 Å². The molecule has 0 aromatic heterocycles. The Bertz CT molecular complexity index is 609. The summed E-state index contributed by atoms with van der Waals surface area (Å²) in [6, 6.07) is 7.70. The van der Waals surface area contributed by atoms with E-state index in [9.17, 15) is 9.59 Å². The van der Waals surface area contributed by atoms with Gasteiger partial charge in [-0.2, -0.15) is 0 Å². The van der Waals surface area contributed by atoms with Gasteiger partial charge in [0.2, 0.25) is 5.91 Å². The van der Waals surface area contributed by atoms with Crippen LogP contribution in [0.2, 0.25) is 0 Å². The number of ether oxygens (including phenoxy) is 1. The number of piperazine rings is 1. The Morgan fingerprint density at radius 1 is 1.32 bits per heavy atom. The molecule has 1 atom stereocenters. The molecule has 25 heavy (non-hydrogen) atoms. The summed E-state index contributed by atoms with van der Waals surface area (Å²) in [5.41, 5.74) is 1.04. The third-order valence-electron chi connectivity index (χ3n) is 4.36. The molecule has 1 saturated heterocycles. The Hall–Kier alpha value is -1.83. The van der Waals surface area contributed by atoms with Crippen LogP contribution in [-0.2, 0) is 4.79 Å². The number of rotatable bonds is 5. The van der Waals surface area contributed by atoms with Gasteiger partial charge in [-0.3, -0.25) is 15.0 Å². The summed E-state index contributed by atoms with van der Waals surface area (Å²) in [7, 11) is 1.65. The van der Waals surface area contributed by atoms with Gasteiger partial charge in [0.1, 0.15) is 5.75 Å². The van der Waals surface area contributed by atoms with Crippen molar-refractivity contribution in [3.05, 3.63) is 29.8 Å². The Morgan fingerprint density at radius 3 is 2.80 bits per heavy atom. The first-order chi connectivity index (χ1) is 11.7. The quantitative estimate of drug-likeness (QED) is 0.723. The number of carbonyl (C=O) groups excluding carboxylic acids is 2. The minimum atomic E-state index is -0.397. The number of methoxy groups -OCH3 is 1. The van der Waals surface area contributed by atoms with Crippen molar-refractivity contribution in [2.75, 3.05) is 33.3 Å². The first-order valence-electron chi connectivity index (χ1n) is 8.35. The second-order valence-corrected chi connectivity index (χ2v) is 6.23. The van der Waals surface area contributed by atoms with Gasteiger partial charge in [0.05, 0.1) is 19.7 Å². The number of urea groups is 1. The first kappa shape index (κ1) is 19.5. The summed E-state index contributed by atoms with van der Waals surface area (Å²) in [6.45, 7) is 2.47. The Balaban J connectivity index is 0.00000225. The molecule has 1 unspecified atom stereocenters. The highest BCUT2D eigenvalue weighted by Crippen LogP contribution is 2.29. The largest absolute Gasteiger partial charge is 0.496 e. The van der Waals surface area contributed by atoms with Crippen molar-refractivity contribution >= 4 is 24.3 Å². The predicted molar refractivity (Wildman–Crippen MR) is 97.1 cm³/mol. The molecule has 1 aromatic carbocycles. The third kappa shape index (κ3) is 5.32. The SMILES string of the molecule is COc1ccccc1C1CNCCN1CC(=O)NC(=O)NC1CC1.Cl. The van der Waals surface area contributed by atoms with Gasteiger partial charge in [0.25, 0.3) is 0 Å². The fraction of sp³-hybridized carbons (Fsp3) is 0.529. The molecule has 3 rings (SSSR count). The Labute approximate surface area is 153 Å². The van der Waals surface area contributed by atoms with Crippen LogP contribution in [0.25, 0.3) is 0 Å². The van der Waals surface area contributed by atoms with E-state index in [1.54, 1.807) is 7.11 Å². The van der Waals surface area contributed by atoms with Crippen molar-refractivity contribution in [2.24, 2.45) is 0 Å². The number of hydrogen-bond acceptors (Lipinski definition) is 5. The molecule has 0 spiro atoms. The van der Waals surface area contributed by atoms with E-state index in [1.165, 1.54) is 0 Å². The van der Waals surface area contributed by atoms with E-state index in [2.05, 4.69) is 20.9 Å². The number of hydrogen-bond donors (Lipinski definition) is 3. The molecule has 138 valence electrons. The van der Waals surface area contributed by atoms with Crippen LogP contribution in [0.4, 0.5) is 4.79 Å². The van der Waals surface area contributed by atoms with E-state index < -0.39 is 6.03 Å². The summed E-state index contributed by atoms with van der Waals surface area (Å²) < 4.78 is 5.45. The fourth-order valence-electron chi connectivity index (χ4n) is 2.98. The number of nitrogens with one attached hydrogen (secondary N) is 3. The van der Waals surface area contributed by atoms with E-state index in [4.69, 9.17) is 4.74 Å². The molecule has 1 heterocycles. The lowest BCUT2D eigenvalue weighted by molar-refractivity contribution is -0.122. The molecular weight excluding hydrogens is 344 g/mol. The third-order valence-corrected chi connectivity index (χ3v) is 4.36. The standard InChI is InChI=1S/C17H24N4O3.ClH/c1-24-15-5-3-2-4-13(15)14-10-18-8-9-21(14)11-16(22)20-17(23)19-12-6-7-12;/h2-5,12,14,18H,6-11H2,1H3,(H2,19,20,22,23);1H. The number of imide groups is 1. The zero-order chi connectivity index (χ0) is 16.9. The van der Waals surface area contributed by atoms with Crippen LogP contribution in [0.5, 0.6) is 5.75 Å². The Morgan fingerprint density at radius 2 is 2.08 bits per heavy atom. The van der Waals surface area contributed by atoms with Crippen molar-refractivity contribution in [2.45, 2.75) is 24.9 Å². The lowest BCUT2D eigenvalue weighted by Gasteiger charge is -2.36. The van der Waals surface area contributed by atoms with Crippen LogP contribution in [0, 0.1) is 0 Å². The number of nitrogens with zero attached hydrogens (tertiary/aromatic N) is 1. The summed E-state index contributed by atoms with van der Waals surface area (Å²) in [5, 5.41) is 8.53. The molecule has 8 heteroatoms. The lowest BCUT2D eigenvalue weighted by Crippen LogP contribution is -2.51. The maximum Gasteiger partial charge on any atom is 0.321 e. The van der Waals surface area contributed by atoms with Crippen molar-refractivity contribution in [1.29, 1.82) is 0 Å². The van der Waals surface area contributed by atoms with E-state index >= 15 is 0 Å². The molecule has 1 aromatic rings. The number of benzene rings is 1. The van der Waals surface area contributed by atoms with Crippen molar-refractivity contribution < 1.29 is 14.3 Å². The van der Waals surface area contributed by atoms with Crippen molar-refractivity contribution in [1.82, 2.24) is 20.9 Å². The molecule has 2 fully saturated rings. The van der Waals surface area contributed by atoms with Crippen LogP contribution >= 0.6 is 12.4 Å². The molecule has 3 amide bonds. The van der Waals surface area contributed by atoms with Gasteiger partial charge in [0.15, 0.2) is 0 Å². The van der Waals surface area contributed by atoms with E-state index in [-0.39, 0.29) is 36.9 Å². The Kier molecular flexibility index (Phi) is 7.04. The predicted octanol–water partition coefficient (Wildman–Crippen LogP) is 1.05. The number of para-hydroxylation sites is 1. The van der Waals surface area contributed by atoms with Crippen LogP contribution in [0.15, 0.2) is 24.3 Å². The molecule has 1 aliphatic carbocycles. The van der Waals surface area contributed by atoms with Gasteiger partial charge < -0.3 is 15.4 Å². The van der Waals surface area contributed by atoms with Crippen LogP contribution in [-0.4, -0.2) is 56.2 Å². The van der Waals surface area contributed by atoms with Crippen LogP contribution in [0.1, 0.15) is 24.4 Å². The van der Waals surface area contributed by atoms with Gasteiger partial charge in [-0.1, -0.05) is 18.2 Å². The fourth-order valence-corrected chi connectivity index (χ4v) is 2.98. The minimum absolute atomic E-state index is 0. The number of carbonyl (C=O) groups is 2. The van der Waals surface area contributed by atoms with Gasteiger partial charge in [-0.25, -0.2) is 4.79 Å². The topological polar surface area (TPSA) is 82.7 Å². The number of amides is 3. The highest BCUT2D eigenvalue weighted by atomic mass is 35.5. The van der Waals surface area contributed by atoms with Gasteiger partial charge in [-0.05, 0) is 18.9 Å². The maximum absolute atomic E-state index is 12.2. The first-order valence-corrected chi connectivity index (χ1v) is 8.35. The maximum atomic E-state index is 12.2. The molecule has 0 radical (unpaired) electrons. The smallest absolute Gasteiger partial charge is 0.321 e.